The van der Waals surface area contributed by atoms with E-state index in [0.717, 1.165) is 29.7 Å². The molecule has 0 saturated carbocycles. The van der Waals surface area contributed by atoms with Gasteiger partial charge in [0.05, 0.1) is 5.69 Å². The number of carboxylic acid groups (broad SMARTS) is 1. The summed E-state index contributed by atoms with van der Waals surface area (Å²) in [5.74, 6) is -0.902. The van der Waals surface area contributed by atoms with E-state index in [1.807, 2.05) is 36.6 Å². The van der Waals surface area contributed by atoms with Gasteiger partial charge in [-0.15, -0.1) is 0 Å². The monoisotopic (exact) mass is 317 g/mol. The maximum Gasteiger partial charge on any atom is 0.303 e. The molecule has 6 heteroatoms. The minimum atomic E-state index is -0.775. The highest BCUT2D eigenvalue weighted by molar-refractivity contribution is 5.94. The average molecular weight is 317 g/mol. The van der Waals surface area contributed by atoms with Crippen LogP contribution in [0.1, 0.15) is 54.4 Å². The van der Waals surface area contributed by atoms with Crippen molar-refractivity contribution in [2.45, 2.75) is 46.0 Å². The van der Waals surface area contributed by atoms with Crippen molar-refractivity contribution in [1.29, 1.82) is 0 Å². The molecule has 0 aliphatic heterocycles. The number of aryl methyl sites for hydroxylation is 2. The molecule has 124 valence electrons. The molecule has 2 rings (SSSR count). The number of fused-ring (bicyclic) bond motifs is 1. The fourth-order valence-electron chi connectivity index (χ4n) is 2.55. The molecule has 0 aliphatic rings. The summed E-state index contributed by atoms with van der Waals surface area (Å²) in [6, 6.07) is 3.89. The Morgan fingerprint density at radius 3 is 2.74 bits per heavy atom. The first-order valence-electron chi connectivity index (χ1n) is 8.00. The molecule has 2 aromatic rings. The van der Waals surface area contributed by atoms with Crippen LogP contribution < -0.4 is 5.32 Å². The van der Waals surface area contributed by atoms with Gasteiger partial charge in [0.1, 0.15) is 11.3 Å². The maximum atomic E-state index is 12.5. The Balaban J connectivity index is 2.00. The molecule has 0 bridgehead atoms. The van der Waals surface area contributed by atoms with E-state index in [9.17, 15) is 9.59 Å². The van der Waals surface area contributed by atoms with Crippen LogP contribution in [0.25, 0.3) is 5.65 Å². The molecule has 0 saturated heterocycles. The third-order valence-electron chi connectivity index (χ3n) is 3.74. The van der Waals surface area contributed by atoms with Crippen molar-refractivity contribution < 1.29 is 14.7 Å². The standard InChI is InChI=1S/C17H23N3O3/c1-3-13-16(20-11-12(2)8-9-14(20)19-13)17(23)18-10-6-4-5-7-15(21)22/h8-9,11H,3-7,10H2,1-2H3,(H,18,23)(H,21,22). The largest absolute Gasteiger partial charge is 0.481 e. The van der Waals surface area contributed by atoms with Crippen LogP contribution in [0, 0.1) is 6.92 Å². The molecule has 0 aromatic carbocycles. The van der Waals surface area contributed by atoms with Crippen LogP contribution in [0.15, 0.2) is 18.3 Å². The zero-order valence-electron chi connectivity index (χ0n) is 13.6. The van der Waals surface area contributed by atoms with Gasteiger partial charge in [0, 0.05) is 19.2 Å². The van der Waals surface area contributed by atoms with E-state index in [1.54, 1.807) is 0 Å². The van der Waals surface area contributed by atoms with Gasteiger partial charge >= 0.3 is 5.97 Å². The van der Waals surface area contributed by atoms with Crippen molar-refractivity contribution in [3.05, 3.63) is 35.3 Å². The molecule has 0 radical (unpaired) electrons. The van der Waals surface area contributed by atoms with Crippen molar-refractivity contribution >= 4 is 17.5 Å². The highest BCUT2D eigenvalue weighted by Gasteiger charge is 2.17. The number of pyridine rings is 1. The molecule has 0 fully saturated rings. The van der Waals surface area contributed by atoms with Gasteiger partial charge < -0.3 is 10.4 Å². The number of aliphatic carboxylic acids is 1. The Bertz CT molecular complexity index is 706. The van der Waals surface area contributed by atoms with E-state index in [2.05, 4.69) is 10.3 Å². The van der Waals surface area contributed by atoms with Crippen LogP contribution in [-0.2, 0) is 11.2 Å². The van der Waals surface area contributed by atoms with E-state index in [-0.39, 0.29) is 12.3 Å². The molecule has 2 heterocycles. The molecule has 1 amide bonds. The first-order chi connectivity index (χ1) is 11.0. The van der Waals surface area contributed by atoms with Crippen LogP contribution in [0.4, 0.5) is 0 Å². The molecule has 2 N–H and O–H groups in total. The second-order valence-corrected chi connectivity index (χ2v) is 5.66. The number of imidazole rings is 1. The Labute approximate surface area is 135 Å². The summed E-state index contributed by atoms with van der Waals surface area (Å²) in [5.41, 5.74) is 3.23. The molecule has 0 spiro atoms. The number of rotatable bonds is 8. The Hall–Kier alpha value is -2.37. The number of nitrogens with one attached hydrogen (secondary N) is 1. The van der Waals surface area contributed by atoms with Gasteiger partial charge in [0.25, 0.3) is 5.91 Å². The first-order valence-corrected chi connectivity index (χ1v) is 8.00. The van der Waals surface area contributed by atoms with Gasteiger partial charge in [-0.1, -0.05) is 19.4 Å². The number of nitrogens with zero attached hydrogens (tertiary/aromatic N) is 2. The Morgan fingerprint density at radius 1 is 1.26 bits per heavy atom. The van der Waals surface area contributed by atoms with Gasteiger partial charge in [-0.05, 0) is 37.8 Å². The second-order valence-electron chi connectivity index (χ2n) is 5.66. The number of hydrogen-bond acceptors (Lipinski definition) is 3. The summed E-state index contributed by atoms with van der Waals surface area (Å²) in [5, 5.41) is 11.5. The van der Waals surface area contributed by atoms with Crippen molar-refractivity contribution in [3.63, 3.8) is 0 Å². The van der Waals surface area contributed by atoms with E-state index in [0.29, 0.717) is 25.1 Å². The zero-order chi connectivity index (χ0) is 16.8. The van der Waals surface area contributed by atoms with Gasteiger partial charge in [-0.25, -0.2) is 4.98 Å². The lowest BCUT2D eigenvalue weighted by Gasteiger charge is -2.07. The highest BCUT2D eigenvalue weighted by Crippen LogP contribution is 2.15. The normalized spacial score (nSPS) is 10.9. The molecule has 0 aliphatic carbocycles. The summed E-state index contributed by atoms with van der Waals surface area (Å²) < 4.78 is 1.84. The maximum absolute atomic E-state index is 12.5. The average Bonchev–Trinajstić information content (AvgIpc) is 2.87. The number of aromatic nitrogens is 2. The summed E-state index contributed by atoms with van der Waals surface area (Å²) in [4.78, 5) is 27.4. The number of carbonyl (C=O) groups excluding carboxylic acids is 1. The lowest BCUT2D eigenvalue weighted by Crippen LogP contribution is -2.26. The molecule has 23 heavy (non-hydrogen) atoms. The van der Waals surface area contributed by atoms with E-state index in [1.165, 1.54) is 0 Å². The van der Waals surface area contributed by atoms with Crippen molar-refractivity contribution in [2.24, 2.45) is 0 Å². The van der Waals surface area contributed by atoms with E-state index >= 15 is 0 Å². The number of unbranched alkanes of at least 4 members (excludes halogenated alkanes) is 2. The van der Waals surface area contributed by atoms with Crippen LogP contribution >= 0.6 is 0 Å². The lowest BCUT2D eigenvalue weighted by molar-refractivity contribution is -0.137. The predicted octanol–water partition coefficient (Wildman–Crippen LogP) is 2.58. The fraction of sp³-hybridized carbons (Fsp3) is 0.471. The third kappa shape index (κ3) is 4.31. The van der Waals surface area contributed by atoms with E-state index < -0.39 is 5.97 Å². The molecule has 0 atom stereocenters. The Kier molecular flexibility index (Phi) is 5.73. The third-order valence-corrected chi connectivity index (χ3v) is 3.74. The fourth-order valence-corrected chi connectivity index (χ4v) is 2.55. The molecular formula is C17H23N3O3. The lowest BCUT2D eigenvalue weighted by atomic mass is 10.2. The van der Waals surface area contributed by atoms with Gasteiger partial charge in [0.2, 0.25) is 0 Å². The quantitative estimate of drug-likeness (QED) is 0.733. The number of amides is 1. The summed E-state index contributed by atoms with van der Waals surface area (Å²) in [7, 11) is 0. The van der Waals surface area contributed by atoms with Crippen LogP contribution in [0.2, 0.25) is 0 Å². The smallest absolute Gasteiger partial charge is 0.303 e. The number of hydrogen-bond donors (Lipinski definition) is 2. The topological polar surface area (TPSA) is 83.7 Å². The van der Waals surface area contributed by atoms with Crippen molar-refractivity contribution in [2.75, 3.05) is 6.54 Å². The predicted molar refractivity (Wildman–Crippen MR) is 87.7 cm³/mol. The Morgan fingerprint density at radius 2 is 2.04 bits per heavy atom. The number of carbonyl (C=O) groups is 2. The van der Waals surface area contributed by atoms with Crippen molar-refractivity contribution in [3.8, 4) is 0 Å². The highest BCUT2D eigenvalue weighted by atomic mass is 16.4. The van der Waals surface area contributed by atoms with Gasteiger partial charge in [-0.3, -0.25) is 14.0 Å². The van der Waals surface area contributed by atoms with E-state index in [4.69, 9.17) is 5.11 Å². The summed E-state index contributed by atoms with van der Waals surface area (Å²) in [6.07, 6.45) is 5.00. The van der Waals surface area contributed by atoms with Crippen molar-refractivity contribution in [1.82, 2.24) is 14.7 Å². The molecule has 2 aromatic heterocycles. The first kappa shape index (κ1) is 17.0. The molecule has 0 unspecified atom stereocenters. The molecular weight excluding hydrogens is 294 g/mol. The van der Waals surface area contributed by atoms with Gasteiger partial charge in [-0.2, -0.15) is 0 Å². The van der Waals surface area contributed by atoms with Crippen LogP contribution in [0.5, 0.6) is 0 Å². The second kappa shape index (κ2) is 7.76. The zero-order valence-corrected chi connectivity index (χ0v) is 13.6. The van der Waals surface area contributed by atoms with Crippen LogP contribution in [0.3, 0.4) is 0 Å². The van der Waals surface area contributed by atoms with Crippen LogP contribution in [-0.4, -0.2) is 32.9 Å². The minimum Gasteiger partial charge on any atom is -0.481 e. The molecule has 6 nitrogen and oxygen atoms in total. The summed E-state index contributed by atoms with van der Waals surface area (Å²) in [6.45, 7) is 4.51. The SMILES string of the molecule is CCc1nc2ccc(C)cn2c1C(=O)NCCCCCC(=O)O. The number of carboxylic acids is 1. The van der Waals surface area contributed by atoms with Gasteiger partial charge in [0.15, 0.2) is 0 Å². The summed E-state index contributed by atoms with van der Waals surface area (Å²) >= 11 is 0. The minimum absolute atomic E-state index is 0.127.